The molecule has 0 saturated carbocycles. The fourth-order valence-electron chi connectivity index (χ4n) is 0.730. The molecule has 0 radical (unpaired) electrons. The van der Waals surface area contributed by atoms with Crippen LogP contribution in [0.2, 0.25) is 0 Å². The van der Waals surface area contributed by atoms with Crippen molar-refractivity contribution in [1.82, 2.24) is 20.2 Å². The second-order valence-electron chi connectivity index (χ2n) is 1.97. The fraction of sp³-hybridized carbons (Fsp3) is 0. The molecule has 0 saturated heterocycles. The monoisotopic (exact) mass is 226 g/mol. The van der Waals surface area contributed by atoms with Crippen molar-refractivity contribution in [2.24, 2.45) is 0 Å². The molecule has 0 bridgehead atoms. The lowest BCUT2D eigenvalue weighted by Crippen LogP contribution is -1.86. The molecule has 0 aliphatic carbocycles. The van der Waals surface area contributed by atoms with Gasteiger partial charge in [-0.15, -0.1) is 10.2 Å². The SMILES string of the molecule is Brc1cncc(-c2nnco2)n1. The number of rotatable bonds is 1. The lowest BCUT2D eigenvalue weighted by atomic mass is 10.4. The van der Waals surface area contributed by atoms with Gasteiger partial charge in [-0.25, -0.2) is 4.98 Å². The summed E-state index contributed by atoms with van der Waals surface area (Å²) in [6.45, 7) is 0. The maximum atomic E-state index is 4.93. The summed E-state index contributed by atoms with van der Waals surface area (Å²) in [5, 5.41) is 7.22. The summed E-state index contributed by atoms with van der Waals surface area (Å²) in [5.74, 6) is 0.365. The molecule has 12 heavy (non-hydrogen) atoms. The van der Waals surface area contributed by atoms with Gasteiger partial charge in [0.1, 0.15) is 10.3 Å². The second-order valence-corrected chi connectivity index (χ2v) is 2.78. The van der Waals surface area contributed by atoms with Crippen LogP contribution in [-0.2, 0) is 0 Å². The minimum absolute atomic E-state index is 0.365. The van der Waals surface area contributed by atoms with Crippen molar-refractivity contribution >= 4 is 15.9 Å². The minimum Gasteiger partial charge on any atom is -0.422 e. The summed E-state index contributed by atoms with van der Waals surface area (Å²) in [6, 6.07) is 0. The summed E-state index contributed by atoms with van der Waals surface area (Å²) in [7, 11) is 0. The zero-order valence-electron chi connectivity index (χ0n) is 5.81. The van der Waals surface area contributed by atoms with E-state index in [9.17, 15) is 0 Å². The average molecular weight is 227 g/mol. The number of halogens is 1. The first-order valence-corrected chi connectivity index (χ1v) is 3.89. The van der Waals surface area contributed by atoms with Crippen molar-refractivity contribution in [3.63, 3.8) is 0 Å². The summed E-state index contributed by atoms with van der Waals surface area (Å²) in [5.41, 5.74) is 0.557. The van der Waals surface area contributed by atoms with Gasteiger partial charge in [0, 0.05) is 0 Å². The number of nitrogens with zero attached hydrogens (tertiary/aromatic N) is 4. The van der Waals surface area contributed by atoms with Gasteiger partial charge in [-0.2, -0.15) is 0 Å². The molecule has 60 valence electrons. The van der Waals surface area contributed by atoms with Gasteiger partial charge in [0.25, 0.3) is 5.89 Å². The topological polar surface area (TPSA) is 64.7 Å². The van der Waals surface area contributed by atoms with E-state index in [1.54, 1.807) is 12.4 Å². The van der Waals surface area contributed by atoms with E-state index >= 15 is 0 Å². The molecule has 0 aliphatic heterocycles. The lowest BCUT2D eigenvalue weighted by Gasteiger charge is -1.91. The van der Waals surface area contributed by atoms with E-state index in [0.717, 1.165) is 0 Å². The third-order valence-corrected chi connectivity index (χ3v) is 1.57. The Bertz CT molecular complexity index is 375. The Balaban J connectivity index is 2.48. The van der Waals surface area contributed by atoms with E-state index in [2.05, 4.69) is 36.1 Å². The first-order valence-electron chi connectivity index (χ1n) is 3.10. The summed E-state index contributed by atoms with van der Waals surface area (Å²) in [4.78, 5) is 7.98. The molecular formula is C6H3BrN4O. The van der Waals surface area contributed by atoms with Crippen LogP contribution in [0.3, 0.4) is 0 Å². The van der Waals surface area contributed by atoms with Gasteiger partial charge in [-0.1, -0.05) is 0 Å². The van der Waals surface area contributed by atoms with Crippen LogP contribution in [0.1, 0.15) is 0 Å². The molecule has 0 fully saturated rings. The van der Waals surface area contributed by atoms with Gasteiger partial charge in [0.2, 0.25) is 6.39 Å². The largest absolute Gasteiger partial charge is 0.422 e. The zero-order chi connectivity index (χ0) is 8.39. The summed E-state index contributed by atoms with van der Waals surface area (Å²) < 4.78 is 5.57. The Kier molecular flexibility index (Phi) is 1.83. The molecule has 0 atom stereocenters. The van der Waals surface area contributed by atoms with E-state index in [4.69, 9.17) is 4.42 Å². The maximum Gasteiger partial charge on any atom is 0.267 e. The molecule has 2 aromatic heterocycles. The highest BCUT2D eigenvalue weighted by Crippen LogP contribution is 2.13. The predicted molar refractivity (Wildman–Crippen MR) is 43.0 cm³/mol. The first kappa shape index (κ1) is 7.35. The van der Waals surface area contributed by atoms with Crippen molar-refractivity contribution in [3.8, 4) is 11.6 Å². The molecule has 5 nitrogen and oxygen atoms in total. The van der Waals surface area contributed by atoms with Crippen molar-refractivity contribution in [3.05, 3.63) is 23.4 Å². The van der Waals surface area contributed by atoms with Gasteiger partial charge >= 0.3 is 0 Å². The van der Waals surface area contributed by atoms with E-state index in [0.29, 0.717) is 16.2 Å². The summed E-state index contributed by atoms with van der Waals surface area (Å²) in [6.07, 6.45) is 4.38. The van der Waals surface area contributed by atoms with E-state index in [-0.39, 0.29) is 0 Å². The highest BCUT2D eigenvalue weighted by Gasteiger charge is 2.04. The second kappa shape index (κ2) is 2.98. The molecule has 0 spiro atoms. The molecule has 0 N–H and O–H groups in total. The van der Waals surface area contributed by atoms with Crippen molar-refractivity contribution in [2.75, 3.05) is 0 Å². The molecular weight excluding hydrogens is 224 g/mol. The third-order valence-electron chi connectivity index (χ3n) is 1.18. The van der Waals surface area contributed by atoms with Crippen LogP contribution in [0.5, 0.6) is 0 Å². The van der Waals surface area contributed by atoms with Crippen LogP contribution in [0.25, 0.3) is 11.6 Å². The quantitative estimate of drug-likeness (QED) is 0.734. The Labute approximate surface area is 76.0 Å². The highest BCUT2D eigenvalue weighted by atomic mass is 79.9. The Hall–Kier alpha value is -1.30. The normalized spacial score (nSPS) is 10.1. The van der Waals surface area contributed by atoms with Gasteiger partial charge in [0.05, 0.1) is 12.4 Å². The van der Waals surface area contributed by atoms with Gasteiger partial charge in [-0.3, -0.25) is 4.98 Å². The van der Waals surface area contributed by atoms with E-state index in [1.807, 2.05) is 0 Å². The Morgan fingerprint density at radius 2 is 2.25 bits per heavy atom. The standard InChI is InChI=1S/C6H3BrN4O/c7-5-2-8-1-4(10-5)6-11-9-3-12-6/h1-3H. The lowest BCUT2D eigenvalue weighted by molar-refractivity contribution is 0.566. The van der Waals surface area contributed by atoms with Crippen LogP contribution in [0.15, 0.2) is 27.8 Å². The molecule has 0 aromatic carbocycles. The van der Waals surface area contributed by atoms with Gasteiger partial charge in [-0.05, 0) is 15.9 Å². The molecule has 6 heteroatoms. The van der Waals surface area contributed by atoms with E-state index < -0.39 is 0 Å². The van der Waals surface area contributed by atoms with Crippen LogP contribution in [0.4, 0.5) is 0 Å². The molecule has 2 heterocycles. The van der Waals surface area contributed by atoms with E-state index in [1.165, 1.54) is 6.39 Å². The number of hydrogen-bond donors (Lipinski definition) is 0. The smallest absolute Gasteiger partial charge is 0.267 e. The third kappa shape index (κ3) is 1.33. The van der Waals surface area contributed by atoms with Crippen LogP contribution < -0.4 is 0 Å². The molecule has 0 aliphatic rings. The number of hydrogen-bond acceptors (Lipinski definition) is 5. The average Bonchev–Trinajstić information content (AvgIpc) is 2.56. The van der Waals surface area contributed by atoms with Gasteiger partial charge in [0.15, 0.2) is 0 Å². The Morgan fingerprint density at radius 3 is 2.92 bits per heavy atom. The number of aromatic nitrogens is 4. The molecule has 2 aromatic rings. The minimum atomic E-state index is 0.365. The highest BCUT2D eigenvalue weighted by molar-refractivity contribution is 9.10. The molecule has 0 unspecified atom stereocenters. The molecule has 2 rings (SSSR count). The van der Waals surface area contributed by atoms with Crippen LogP contribution in [0, 0.1) is 0 Å². The maximum absolute atomic E-state index is 4.93. The summed E-state index contributed by atoms with van der Waals surface area (Å²) >= 11 is 3.18. The first-order chi connectivity index (χ1) is 5.86. The van der Waals surface area contributed by atoms with Crippen molar-refractivity contribution in [2.45, 2.75) is 0 Å². The fourth-order valence-corrected chi connectivity index (χ4v) is 1.04. The van der Waals surface area contributed by atoms with Crippen LogP contribution in [-0.4, -0.2) is 20.2 Å². The predicted octanol–water partition coefficient (Wildman–Crippen LogP) is 1.29. The van der Waals surface area contributed by atoms with Crippen molar-refractivity contribution < 1.29 is 4.42 Å². The van der Waals surface area contributed by atoms with Crippen LogP contribution >= 0.6 is 15.9 Å². The Morgan fingerprint density at radius 1 is 1.33 bits per heavy atom. The van der Waals surface area contributed by atoms with Crippen molar-refractivity contribution in [1.29, 1.82) is 0 Å². The van der Waals surface area contributed by atoms with Gasteiger partial charge < -0.3 is 4.42 Å². The zero-order valence-corrected chi connectivity index (χ0v) is 7.39. The molecule has 0 amide bonds.